The third-order valence-electron chi connectivity index (χ3n) is 3.96. The van der Waals surface area contributed by atoms with Crippen LogP contribution in [0.5, 0.6) is 5.75 Å². The molecule has 144 valence electrons. The molecule has 3 rings (SSSR count). The molecule has 2 aromatic carbocycles. The Bertz CT molecular complexity index is 1040. The van der Waals surface area contributed by atoms with Crippen molar-refractivity contribution in [1.82, 2.24) is 9.97 Å². The summed E-state index contributed by atoms with van der Waals surface area (Å²) in [5, 5.41) is 16.1. The van der Waals surface area contributed by atoms with E-state index < -0.39 is 5.97 Å². The highest BCUT2D eigenvalue weighted by Crippen LogP contribution is 2.33. The Morgan fingerprint density at radius 1 is 1.07 bits per heavy atom. The minimum Gasteiger partial charge on any atom is -0.495 e. The van der Waals surface area contributed by atoms with E-state index in [1.807, 2.05) is 13.0 Å². The summed E-state index contributed by atoms with van der Waals surface area (Å²) in [6.07, 6.45) is 0. The monoisotopic (exact) mass is 398 g/mol. The summed E-state index contributed by atoms with van der Waals surface area (Å²) in [4.78, 5) is 19.9. The topological polar surface area (TPSA) is 96.4 Å². The molecule has 0 amide bonds. The van der Waals surface area contributed by atoms with Crippen molar-refractivity contribution in [3.8, 4) is 5.75 Å². The SMILES string of the molecule is COc1cc(Cl)c(C)cc1Nc1cc(Nc2cccc(C(=O)O)c2)nc(C)n1. The average Bonchev–Trinajstić information content (AvgIpc) is 2.64. The molecule has 8 heteroatoms. The summed E-state index contributed by atoms with van der Waals surface area (Å²) in [6, 6.07) is 11.8. The van der Waals surface area contributed by atoms with E-state index in [0.29, 0.717) is 33.9 Å². The Hall–Kier alpha value is -3.32. The molecule has 0 saturated carbocycles. The van der Waals surface area contributed by atoms with E-state index in [4.69, 9.17) is 21.4 Å². The van der Waals surface area contributed by atoms with Crippen molar-refractivity contribution in [3.05, 3.63) is 64.4 Å². The van der Waals surface area contributed by atoms with E-state index >= 15 is 0 Å². The Labute approximate surface area is 167 Å². The van der Waals surface area contributed by atoms with Crippen LogP contribution < -0.4 is 15.4 Å². The highest BCUT2D eigenvalue weighted by atomic mass is 35.5. The van der Waals surface area contributed by atoms with Crippen molar-refractivity contribution < 1.29 is 14.6 Å². The van der Waals surface area contributed by atoms with Crippen LogP contribution in [0.1, 0.15) is 21.7 Å². The molecule has 0 unspecified atom stereocenters. The Kier molecular flexibility index (Phi) is 5.65. The van der Waals surface area contributed by atoms with Crippen LogP contribution in [0, 0.1) is 13.8 Å². The summed E-state index contributed by atoms with van der Waals surface area (Å²) in [5.74, 6) is 1.24. The normalized spacial score (nSPS) is 10.4. The van der Waals surface area contributed by atoms with E-state index in [1.54, 1.807) is 44.4 Å². The maximum atomic E-state index is 11.1. The summed E-state index contributed by atoms with van der Waals surface area (Å²) in [7, 11) is 1.57. The van der Waals surface area contributed by atoms with Gasteiger partial charge < -0.3 is 20.5 Å². The number of hydrogen-bond acceptors (Lipinski definition) is 6. The quantitative estimate of drug-likeness (QED) is 0.541. The van der Waals surface area contributed by atoms with Crippen molar-refractivity contribution in [2.75, 3.05) is 17.7 Å². The second-order valence-corrected chi connectivity index (χ2v) is 6.53. The van der Waals surface area contributed by atoms with E-state index in [-0.39, 0.29) is 5.56 Å². The van der Waals surface area contributed by atoms with Gasteiger partial charge in [0.1, 0.15) is 23.2 Å². The number of carbonyl (C=O) groups is 1. The summed E-state index contributed by atoms with van der Waals surface area (Å²) in [6.45, 7) is 3.68. The number of nitrogens with one attached hydrogen (secondary N) is 2. The predicted octanol–water partition coefficient (Wildman–Crippen LogP) is 4.94. The molecule has 3 aromatic rings. The first kappa shape index (κ1) is 19.4. The summed E-state index contributed by atoms with van der Waals surface area (Å²) < 4.78 is 5.38. The number of anilines is 4. The van der Waals surface area contributed by atoms with E-state index in [1.165, 1.54) is 6.07 Å². The Morgan fingerprint density at radius 3 is 2.46 bits per heavy atom. The third kappa shape index (κ3) is 4.50. The fourth-order valence-electron chi connectivity index (χ4n) is 2.64. The van der Waals surface area contributed by atoms with Gasteiger partial charge in [-0.05, 0) is 43.7 Å². The van der Waals surface area contributed by atoms with E-state index in [2.05, 4.69) is 20.6 Å². The Balaban J connectivity index is 1.89. The molecular weight excluding hydrogens is 380 g/mol. The molecule has 0 aliphatic heterocycles. The number of ether oxygens (including phenoxy) is 1. The summed E-state index contributed by atoms with van der Waals surface area (Å²) in [5.41, 5.74) is 2.43. The van der Waals surface area contributed by atoms with E-state index in [0.717, 1.165) is 11.3 Å². The maximum Gasteiger partial charge on any atom is 0.335 e. The van der Waals surface area contributed by atoms with Gasteiger partial charge in [0.2, 0.25) is 0 Å². The largest absolute Gasteiger partial charge is 0.495 e. The van der Waals surface area contributed by atoms with Crippen molar-refractivity contribution in [3.63, 3.8) is 0 Å². The molecule has 0 aliphatic rings. The highest BCUT2D eigenvalue weighted by molar-refractivity contribution is 6.31. The second kappa shape index (κ2) is 8.14. The van der Waals surface area contributed by atoms with Crippen LogP contribution in [0.15, 0.2) is 42.5 Å². The van der Waals surface area contributed by atoms with Crippen molar-refractivity contribution >= 4 is 40.6 Å². The number of hydrogen-bond donors (Lipinski definition) is 3. The number of nitrogens with zero attached hydrogens (tertiary/aromatic N) is 2. The molecule has 28 heavy (non-hydrogen) atoms. The van der Waals surface area contributed by atoms with Gasteiger partial charge in [-0.3, -0.25) is 0 Å². The second-order valence-electron chi connectivity index (χ2n) is 6.12. The summed E-state index contributed by atoms with van der Waals surface area (Å²) >= 11 is 6.16. The zero-order valence-corrected chi connectivity index (χ0v) is 16.3. The zero-order valence-electron chi connectivity index (χ0n) is 15.6. The molecule has 0 spiro atoms. The fourth-order valence-corrected chi connectivity index (χ4v) is 2.80. The zero-order chi connectivity index (χ0) is 20.3. The fraction of sp³-hybridized carbons (Fsp3) is 0.150. The van der Waals surface area contributed by atoms with Gasteiger partial charge >= 0.3 is 5.97 Å². The molecule has 1 heterocycles. The number of aromatic carboxylic acids is 1. The number of aromatic nitrogens is 2. The molecule has 0 bridgehead atoms. The van der Waals surface area contributed by atoms with Crippen LogP contribution in [0.2, 0.25) is 5.02 Å². The van der Waals surface area contributed by atoms with Crippen LogP contribution in [0.3, 0.4) is 0 Å². The smallest absolute Gasteiger partial charge is 0.335 e. The first-order chi connectivity index (χ1) is 13.4. The number of methoxy groups -OCH3 is 1. The highest BCUT2D eigenvalue weighted by Gasteiger charge is 2.10. The van der Waals surface area contributed by atoms with Crippen LogP contribution in [0.25, 0.3) is 0 Å². The van der Waals surface area contributed by atoms with Gasteiger partial charge in [-0.25, -0.2) is 14.8 Å². The standard InChI is InChI=1S/C20H19ClN4O3/c1-11-7-16(17(28-3)9-15(11)21)25-19-10-18(22-12(2)23-19)24-14-6-4-5-13(8-14)20(26)27/h4-10H,1-3H3,(H,26,27)(H2,22,23,24,25). The number of carboxylic acids is 1. The predicted molar refractivity (Wildman–Crippen MR) is 109 cm³/mol. The van der Waals surface area contributed by atoms with Crippen molar-refractivity contribution in [1.29, 1.82) is 0 Å². The van der Waals surface area contributed by atoms with Crippen molar-refractivity contribution in [2.45, 2.75) is 13.8 Å². The van der Waals surface area contributed by atoms with Gasteiger partial charge in [0.25, 0.3) is 0 Å². The van der Waals surface area contributed by atoms with Gasteiger partial charge in [0.05, 0.1) is 18.4 Å². The molecule has 0 aliphatic carbocycles. The minimum atomic E-state index is -0.991. The van der Waals surface area contributed by atoms with E-state index in [9.17, 15) is 4.79 Å². The van der Waals surface area contributed by atoms with Gasteiger partial charge in [-0.15, -0.1) is 0 Å². The molecular formula is C20H19ClN4O3. The van der Waals surface area contributed by atoms with Gasteiger partial charge in [-0.2, -0.15) is 0 Å². The molecule has 7 nitrogen and oxygen atoms in total. The lowest BCUT2D eigenvalue weighted by molar-refractivity contribution is 0.0697. The average molecular weight is 399 g/mol. The molecule has 3 N–H and O–H groups in total. The number of aryl methyl sites for hydroxylation is 2. The number of rotatable bonds is 6. The number of halogens is 1. The van der Waals surface area contributed by atoms with Gasteiger partial charge in [-0.1, -0.05) is 17.7 Å². The third-order valence-corrected chi connectivity index (χ3v) is 4.37. The van der Waals surface area contributed by atoms with Crippen molar-refractivity contribution in [2.24, 2.45) is 0 Å². The van der Waals surface area contributed by atoms with Crippen LogP contribution >= 0.6 is 11.6 Å². The lowest BCUT2D eigenvalue weighted by atomic mass is 10.2. The molecule has 0 fully saturated rings. The first-order valence-electron chi connectivity index (χ1n) is 8.43. The first-order valence-corrected chi connectivity index (χ1v) is 8.80. The lowest BCUT2D eigenvalue weighted by Gasteiger charge is -2.14. The number of benzene rings is 2. The van der Waals surface area contributed by atoms with Crippen LogP contribution in [-0.2, 0) is 0 Å². The number of carboxylic acid groups (broad SMARTS) is 1. The van der Waals surface area contributed by atoms with Crippen LogP contribution in [0.4, 0.5) is 23.0 Å². The van der Waals surface area contributed by atoms with Gasteiger partial charge in [0.15, 0.2) is 0 Å². The van der Waals surface area contributed by atoms with Crippen LogP contribution in [-0.4, -0.2) is 28.2 Å². The van der Waals surface area contributed by atoms with Gasteiger partial charge in [0, 0.05) is 22.8 Å². The lowest BCUT2D eigenvalue weighted by Crippen LogP contribution is -2.03. The minimum absolute atomic E-state index is 0.190. The molecule has 0 saturated heterocycles. The molecule has 0 atom stereocenters. The molecule has 1 aromatic heterocycles. The molecule has 0 radical (unpaired) electrons. The maximum absolute atomic E-state index is 11.1. The Morgan fingerprint density at radius 2 is 1.79 bits per heavy atom.